The third kappa shape index (κ3) is 4.84. The monoisotopic (exact) mass is 665 g/mol. The molecule has 0 radical (unpaired) electrons. The molecule has 268 valence electrons. The number of ketones is 1. The van der Waals surface area contributed by atoms with E-state index in [-0.39, 0.29) is 56.9 Å². The fourth-order valence-corrected chi connectivity index (χ4v) is 13.7. The molecule has 6 aliphatic carbocycles. The highest BCUT2D eigenvalue weighted by molar-refractivity contribution is 6.00. The first-order valence-corrected chi connectivity index (χ1v) is 19.1. The number of esters is 1. The number of allylic oxidation sites excluding steroid dienone is 2. The van der Waals surface area contributed by atoms with Gasteiger partial charge in [-0.1, -0.05) is 67.9 Å². The molecule has 0 saturated heterocycles. The number of hydrogen-bond acceptors (Lipinski definition) is 5. The number of Topliss-reactive ketones (excluding diaryl/α,β-unsaturated/α-hetero) is 1. The number of fused-ring (bicyclic) bond motifs is 7. The van der Waals surface area contributed by atoms with Crippen LogP contribution >= 0.6 is 0 Å². The molecule has 0 aromatic heterocycles. The summed E-state index contributed by atoms with van der Waals surface area (Å²) in [6, 6.07) is 0. The molecule has 5 fully saturated rings. The van der Waals surface area contributed by atoms with Gasteiger partial charge in [-0.2, -0.15) is 0 Å². The number of carboxylic acid groups (broad SMARTS) is 1. The molecule has 1 amide bonds. The van der Waals surface area contributed by atoms with Crippen LogP contribution in [0.5, 0.6) is 0 Å². The van der Waals surface area contributed by atoms with E-state index < -0.39 is 17.3 Å². The summed E-state index contributed by atoms with van der Waals surface area (Å²) in [6.07, 6.45) is 10.2. The SMILES string of the molecule is CC(=O)NCC[C@@]12CC[C@]3(C)[C@H](CC[C@@H]4[C@@]5(C)CC[C@H](OC(=O)[C@H]6C[C@@H](C(=O)O)C6(C)C)C(C)(C)[C@@H]5CC[C@]43C)C1=C(C(C)C)C(=O)C2. The maximum atomic E-state index is 13.8. The zero-order chi connectivity index (χ0) is 35.4. The molecule has 7 heteroatoms. The lowest BCUT2D eigenvalue weighted by molar-refractivity contribution is -0.236. The number of carbonyl (C=O) groups is 4. The molecular formula is C41H63NO6. The Hall–Kier alpha value is -2.18. The van der Waals surface area contributed by atoms with Crippen LogP contribution in [0, 0.1) is 68.0 Å². The number of hydrogen-bond donors (Lipinski definition) is 2. The number of ether oxygens (including phenoxy) is 1. The van der Waals surface area contributed by atoms with Gasteiger partial charge in [0, 0.05) is 30.7 Å². The Morgan fingerprint density at radius 1 is 0.854 bits per heavy atom. The van der Waals surface area contributed by atoms with E-state index >= 15 is 0 Å². The number of aliphatic carboxylic acids is 1. The van der Waals surface area contributed by atoms with Gasteiger partial charge >= 0.3 is 11.9 Å². The minimum absolute atomic E-state index is 0.00452. The predicted octanol–water partition coefficient (Wildman–Crippen LogP) is 8.15. The van der Waals surface area contributed by atoms with Gasteiger partial charge in [0.2, 0.25) is 5.91 Å². The number of carboxylic acids is 1. The maximum Gasteiger partial charge on any atom is 0.309 e. The van der Waals surface area contributed by atoms with Gasteiger partial charge in [0.05, 0.1) is 11.8 Å². The van der Waals surface area contributed by atoms with Gasteiger partial charge in [-0.05, 0) is 115 Å². The lowest BCUT2D eigenvalue weighted by atomic mass is 9.33. The lowest BCUT2D eigenvalue weighted by Gasteiger charge is -2.72. The van der Waals surface area contributed by atoms with E-state index in [0.29, 0.717) is 42.9 Å². The van der Waals surface area contributed by atoms with Crippen molar-refractivity contribution < 1.29 is 29.0 Å². The molecule has 6 rings (SSSR count). The van der Waals surface area contributed by atoms with Crippen molar-refractivity contribution in [3.8, 4) is 0 Å². The van der Waals surface area contributed by atoms with E-state index in [1.165, 1.54) is 5.57 Å². The standard InChI is InChI=1S/C41H63NO6/c1-23(2)32-28(44)22-41(19-20-42-24(3)43)18-17-39(9)25(33(32)41)11-12-30-38(8)15-14-31(37(6,7)29(38)13-16-40(30,39)10)48-35(47)27-21-26(34(45)46)36(27,4)5/h23,25-27,29-31H,11-22H2,1-10H3,(H,42,43)(H,45,46)/t25-,26+,27-,29+,30-,31+,38+,39-,40-,41-/m1/s1. The average Bonchev–Trinajstić information content (AvgIpc) is 3.26. The molecule has 0 bridgehead atoms. The minimum atomic E-state index is -0.823. The van der Waals surface area contributed by atoms with Crippen molar-refractivity contribution in [3.05, 3.63) is 11.1 Å². The van der Waals surface area contributed by atoms with Crippen LogP contribution in [0.4, 0.5) is 0 Å². The Morgan fingerprint density at radius 2 is 1.54 bits per heavy atom. The van der Waals surface area contributed by atoms with Crippen molar-refractivity contribution in [1.82, 2.24) is 5.32 Å². The van der Waals surface area contributed by atoms with E-state index in [4.69, 9.17) is 4.74 Å². The largest absolute Gasteiger partial charge is 0.481 e. The van der Waals surface area contributed by atoms with Crippen molar-refractivity contribution in [2.75, 3.05) is 6.54 Å². The number of nitrogens with one attached hydrogen (secondary N) is 1. The first-order chi connectivity index (χ1) is 22.2. The van der Waals surface area contributed by atoms with Crippen LogP contribution in [0.1, 0.15) is 140 Å². The van der Waals surface area contributed by atoms with Crippen LogP contribution in [0.15, 0.2) is 11.1 Å². The normalized spacial score (nSPS) is 44.1. The Labute approximate surface area is 289 Å². The van der Waals surface area contributed by atoms with Crippen LogP contribution in [0.2, 0.25) is 0 Å². The second-order valence-electron chi connectivity index (χ2n) is 19.5. The predicted molar refractivity (Wildman–Crippen MR) is 186 cm³/mol. The summed E-state index contributed by atoms with van der Waals surface area (Å²) >= 11 is 0. The highest BCUT2D eigenvalue weighted by Gasteiger charge is 2.70. The van der Waals surface area contributed by atoms with Crippen molar-refractivity contribution in [2.24, 2.45) is 68.0 Å². The summed E-state index contributed by atoms with van der Waals surface area (Å²) in [5, 5.41) is 12.7. The van der Waals surface area contributed by atoms with E-state index in [1.54, 1.807) is 6.92 Å². The van der Waals surface area contributed by atoms with Gasteiger partial charge in [0.15, 0.2) is 5.78 Å². The van der Waals surface area contributed by atoms with E-state index in [0.717, 1.165) is 63.4 Å². The molecular weight excluding hydrogens is 602 g/mol. The molecule has 0 aliphatic heterocycles. The van der Waals surface area contributed by atoms with Gasteiger partial charge in [-0.3, -0.25) is 19.2 Å². The van der Waals surface area contributed by atoms with Gasteiger partial charge in [-0.25, -0.2) is 0 Å². The fraction of sp³-hybridized carbons (Fsp3) is 0.854. The minimum Gasteiger partial charge on any atom is -0.481 e. The highest BCUT2D eigenvalue weighted by atomic mass is 16.5. The topological polar surface area (TPSA) is 110 Å². The number of amides is 1. The van der Waals surface area contributed by atoms with Crippen molar-refractivity contribution in [3.63, 3.8) is 0 Å². The summed E-state index contributed by atoms with van der Waals surface area (Å²) in [5.74, 6) is 0.0102. The van der Waals surface area contributed by atoms with Crippen LogP contribution < -0.4 is 5.32 Å². The summed E-state index contributed by atoms with van der Waals surface area (Å²) in [5.41, 5.74) is 2.01. The zero-order valence-corrected chi connectivity index (χ0v) is 31.5. The summed E-state index contributed by atoms with van der Waals surface area (Å²) in [7, 11) is 0. The zero-order valence-electron chi connectivity index (χ0n) is 31.5. The fourth-order valence-electron chi connectivity index (χ4n) is 13.7. The molecule has 0 unspecified atom stereocenters. The van der Waals surface area contributed by atoms with E-state index in [9.17, 15) is 24.3 Å². The second-order valence-corrected chi connectivity index (χ2v) is 19.5. The first-order valence-electron chi connectivity index (χ1n) is 19.1. The molecule has 10 atom stereocenters. The quantitative estimate of drug-likeness (QED) is 0.266. The van der Waals surface area contributed by atoms with Crippen LogP contribution in [-0.4, -0.2) is 41.4 Å². The molecule has 48 heavy (non-hydrogen) atoms. The van der Waals surface area contributed by atoms with E-state index in [1.807, 2.05) is 13.8 Å². The Balaban J connectivity index is 1.26. The molecule has 0 aromatic rings. The number of rotatable bonds is 7. The molecule has 6 aliphatic rings. The molecule has 2 N–H and O–H groups in total. The molecule has 0 spiro atoms. The van der Waals surface area contributed by atoms with Crippen molar-refractivity contribution in [2.45, 2.75) is 146 Å². The van der Waals surface area contributed by atoms with Crippen molar-refractivity contribution in [1.29, 1.82) is 0 Å². The van der Waals surface area contributed by atoms with Gasteiger partial charge in [0.1, 0.15) is 6.10 Å². The molecule has 0 aromatic carbocycles. The lowest BCUT2D eigenvalue weighted by Crippen LogP contribution is -2.66. The number of carbonyl (C=O) groups excluding carboxylic acids is 3. The van der Waals surface area contributed by atoms with Gasteiger partial charge in [-0.15, -0.1) is 0 Å². The smallest absolute Gasteiger partial charge is 0.309 e. The van der Waals surface area contributed by atoms with Gasteiger partial charge < -0.3 is 15.2 Å². The summed E-state index contributed by atoms with van der Waals surface area (Å²) < 4.78 is 6.39. The maximum absolute atomic E-state index is 13.8. The van der Waals surface area contributed by atoms with Gasteiger partial charge in [0.25, 0.3) is 0 Å². The van der Waals surface area contributed by atoms with Crippen LogP contribution in [0.25, 0.3) is 0 Å². The summed E-state index contributed by atoms with van der Waals surface area (Å²) in [4.78, 5) is 50.9. The Morgan fingerprint density at radius 3 is 2.15 bits per heavy atom. The van der Waals surface area contributed by atoms with Crippen LogP contribution in [0.3, 0.4) is 0 Å². The third-order valence-corrected chi connectivity index (χ3v) is 16.6. The highest BCUT2D eigenvalue weighted by Crippen LogP contribution is 2.77. The summed E-state index contributed by atoms with van der Waals surface area (Å²) in [6.45, 7) is 22.7. The Bertz CT molecular complexity index is 1430. The first kappa shape index (κ1) is 35.6. The molecule has 0 heterocycles. The second kappa shape index (κ2) is 11.4. The van der Waals surface area contributed by atoms with Crippen molar-refractivity contribution >= 4 is 23.6 Å². The van der Waals surface area contributed by atoms with E-state index in [2.05, 4.69) is 53.8 Å². The van der Waals surface area contributed by atoms with Crippen LogP contribution in [-0.2, 0) is 23.9 Å². The Kier molecular flexibility index (Phi) is 8.48. The molecule has 7 nitrogen and oxygen atoms in total. The molecule has 5 saturated carbocycles. The third-order valence-electron chi connectivity index (χ3n) is 16.6. The average molecular weight is 666 g/mol.